The second-order valence-corrected chi connectivity index (χ2v) is 8.47. The summed E-state index contributed by atoms with van der Waals surface area (Å²) in [6, 6.07) is 12.3. The van der Waals surface area contributed by atoms with Crippen LogP contribution in [-0.4, -0.2) is 32.7 Å². The van der Waals surface area contributed by atoms with Crippen molar-refractivity contribution in [2.75, 3.05) is 26.7 Å². The Balaban J connectivity index is 1.71. The Kier molecular flexibility index (Phi) is 5.92. The number of quaternary nitrogens is 1. The Hall–Kier alpha value is -1.37. The van der Waals surface area contributed by atoms with Gasteiger partial charge in [-0.25, -0.2) is 0 Å². The highest BCUT2D eigenvalue weighted by Crippen LogP contribution is 2.22. The van der Waals surface area contributed by atoms with E-state index in [-0.39, 0.29) is 11.9 Å². The maximum Gasteiger partial charge on any atom is 0.261 e. The molecular formula is C18H22BrN2O2S+. The van der Waals surface area contributed by atoms with Gasteiger partial charge in [-0.3, -0.25) is 4.79 Å². The van der Waals surface area contributed by atoms with Gasteiger partial charge in [-0.05, 0) is 52.3 Å². The number of ether oxygens (including phenoxy) is 1. The highest BCUT2D eigenvalue weighted by atomic mass is 79.9. The van der Waals surface area contributed by atoms with Gasteiger partial charge in [0.25, 0.3) is 5.91 Å². The SMILES string of the molecule is COc1ccc([C@@H](CNC(=O)c2ccc(Br)s2)[NH+]2CCCC2)cc1. The van der Waals surface area contributed by atoms with Crippen LogP contribution in [0.5, 0.6) is 5.75 Å². The number of thiophene rings is 1. The third kappa shape index (κ3) is 4.18. The molecule has 1 aromatic carbocycles. The zero-order valence-corrected chi connectivity index (χ0v) is 16.1. The lowest BCUT2D eigenvalue weighted by Crippen LogP contribution is -3.11. The fourth-order valence-corrected chi connectivity index (χ4v) is 4.53. The van der Waals surface area contributed by atoms with E-state index < -0.39 is 0 Å². The summed E-state index contributed by atoms with van der Waals surface area (Å²) in [5.74, 6) is 0.865. The second kappa shape index (κ2) is 8.14. The highest BCUT2D eigenvalue weighted by Gasteiger charge is 2.28. The van der Waals surface area contributed by atoms with E-state index in [4.69, 9.17) is 4.74 Å². The summed E-state index contributed by atoms with van der Waals surface area (Å²) in [6.45, 7) is 2.98. The lowest BCUT2D eigenvalue weighted by Gasteiger charge is -2.25. The van der Waals surface area contributed by atoms with Crippen molar-refractivity contribution in [3.05, 3.63) is 50.6 Å². The molecule has 1 aliphatic rings. The molecule has 0 spiro atoms. The van der Waals surface area contributed by atoms with Crippen molar-refractivity contribution in [1.82, 2.24) is 5.32 Å². The molecule has 128 valence electrons. The van der Waals surface area contributed by atoms with Crippen molar-refractivity contribution in [1.29, 1.82) is 0 Å². The normalized spacial score (nSPS) is 16.1. The van der Waals surface area contributed by atoms with Gasteiger partial charge in [-0.15, -0.1) is 11.3 Å². The Labute approximate surface area is 154 Å². The molecule has 3 rings (SSSR count). The lowest BCUT2D eigenvalue weighted by atomic mass is 10.1. The van der Waals surface area contributed by atoms with Gasteiger partial charge in [0.2, 0.25) is 0 Å². The van der Waals surface area contributed by atoms with E-state index in [2.05, 4.69) is 33.4 Å². The van der Waals surface area contributed by atoms with E-state index >= 15 is 0 Å². The molecule has 1 fully saturated rings. The smallest absolute Gasteiger partial charge is 0.261 e. The van der Waals surface area contributed by atoms with Gasteiger partial charge >= 0.3 is 0 Å². The van der Waals surface area contributed by atoms with Crippen molar-refractivity contribution in [3.63, 3.8) is 0 Å². The number of hydrogen-bond acceptors (Lipinski definition) is 3. The largest absolute Gasteiger partial charge is 0.497 e. The molecule has 0 radical (unpaired) electrons. The number of nitrogens with one attached hydrogen (secondary N) is 2. The third-order valence-electron chi connectivity index (χ3n) is 4.52. The molecule has 0 saturated carbocycles. The van der Waals surface area contributed by atoms with Crippen LogP contribution >= 0.6 is 27.3 Å². The maximum absolute atomic E-state index is 12.4. The number of halogens is 1. The molecule has 0 unspecified atom stereocenters. The molecule has 2 heterocycles. The van der Waals surface area contributed by atoms with E-state index in [0.29, 0.717) is 6.54 Å². The van der Waals surface area contributed by atoms with Crippen molar-refractivity contribution < 1.29 is 14.4 Å². The molecule has 1 aliphatic heterocycles. The van der Waals surface area contributed by atoms with Crippen LogP contribution in [-0.2, 0) is 0 Å². The summed E-state index contributed by atoms with van der Waals surface area (Å²) in [4.78, 5) is 14.6. The van der Waals surface area contributed by atoms with E-state index in [1.54, 1.807) is 12.0 Å². The molecule has 4 nitrogen and oxygen atoms in total. The number of rotatable bonds is 6. The van der Waals surface area contributed by atoms with Crippen LogP contribution in [0.2, 0.25) is 0 Å². The molecule has 1 amide bonds. The fourth-order valence-electron chi connectivity index (χ4n) is 3.23. The standard InChI is InChI=1S/C18H21BrN2O2S/c1-23-14-6-4-13(5-7-14)15(21-10-2-3-11-21)12-20-18(22)16-8-9-17(19)24-16/h4-9,15H,2-3,10-12H2,1H3,(H,20,22)/p+1/t15-/m1/s1. The predicted molar refractivity (Wildman–Crippen MR) is 100 cm³/mol. The Morgan fingerprint density at radius 1 is 1.25 bits per heavy atom. The van der Waals surface area contributed by atoms with E-state index in [1.165, 1.54) is 29.7 Å². The van der Waals surface area contributed by atoms with Crippen LogP contribution in [0.3, 0.4) is 0 Å². The Bertz CT molecular complexity index is 681. The molecule has 1 aromatic heterocycles. The van der Waals surface area contributed by atoms with E-state index in [0.717, 1.165) is 27.5 Å². The first-order valence-corrected chi connectivity index (χ1v) is 9.80. The molecule has 24 heavy (non-hydrogen) atoms. The van der Waals surface area contributed by atoms with E-state index in [1.807, 2.05) is 24.3 Å². The molecule has 0 bridgehead atoms. The summed E-state index contributed by atoms with van der Waals surface area (Å²) in [5, 5.41) is 3.11. The summed E-state index contributed by atoms with van der Waals surface area (Å²) in [7, 11) is 1.68. The van der Waals surface area contributed by atoms with Crippen LogP contribution in [0.1, 0.15) is 34.1 Å². The number of benzene rings is 1. The zero-order valence-electron chi connectivity index (χ0n) is 13.7. The lowest BCUT2D eigenvalue weighted by molar-refractivity contribution is -0.918. The molecule has 1 saturated heterocycles. The van der Waals surface area contributed by atoms with Gasteiger partial charge in [0.05, 0.1) is 35.4 Å². The number of carbonyl (C=O) groups is 1. The molecule has 6 heteroatoms. The maximum atomic E-state index is 12.4. The number of hydrogen-bond donors (Lipinski definition) is 2. The third-order valence-corrected chi connectivity index (χ3v) is 6.14. The van der Waals surface area contributed by atoms with Gasteiger partial charge in [-0.1, -0.05) is 0 Å². The number of methoxy groups -OCH3 is 1. The van der Waals surface area contributed by atoms with Crippen molar-refractivity contribution in [2.45, 2.75) is 18.9 Å². The van der Waals surface area contributed by atoms with Gasteiger partial charge in [0.15, 0.2) is 0 Å². The zero-order chi connectivity index (χ0) is 16.9. The molecule has 0 aliphatic carbocycles. The highest BCUT2D eigenvalue weighted by molar-refractivity contribution is 9.11. The molecule has 2 aromatic rings. The molecule has 1 atom stereocenters. The van der Waals surface area contributed by atoms with Crippen LogP contribution < -0.4 is 15.0 Å². The average Bonchev–Trinajstić information content (AvgIpc) is 3.27. The fraction of sp³-hybridized carbons (Fsp3) is 0.389. The minimum absolute atomic E-state index is 0.00260. The summed E-state index contributed by atoms with van der Waals surface area (Å²) in [5.41, 5.74) is 1.25. The summed E-state index contributed by atoms with van der Waals surface area (Å²) in [6.07, 6.45) is 2.52. The average molecular weight is 410 g/mol. The number of carbonyl (C=O) groups excluding carboxylic acids is 1. The minimum Gasteiger partial charge on any atom is -0.497 e. The van der Waals surface area contributed by atoms with Crippen molar-refractivity contribution in [3.8, 4) is 5.75 Å². The number of likely N-dealkylation sites (tertiary alicyclic amines) is 1. The van der Waals surface area contributed by atoms with Gasteiger partial charge in [-0.2, -0.15) is 0 Å². The topological polar surface area (TPSA) is 42.8 Å². The minimum atomic E-state index is 0.00260. The quantitative estimate of drug-likeness (QED) is 0.769. The molecule has 2 N–H and O–H groups in total. The summed E-state index contributed by atoms with van der Waals surface area (Å²) >= 11 is 4.87. The first-order valence-electron chi connectivity index (χ1n) is 8.19. The first kappa shape index (κ1) is 17.5. The second-order valence-electron chi connectivity index (χ2n) is 6.00. The van der Waals surface area contributed by atoms with Crippen molar-refractivity contribution in [2.24, 2.45) is 0 Å². The van der Waals surface area contributed by atoms with Crippen molar-refractivity contribution >= 4 is 33.2 Å². The van der Waals surface area contributed by atoms with Gasteiger partial charge in [0.1, 0.15) is 11.8 Å². The first-order chi connectivity index (χ1) is 11.7. The number of amides is 1. The monoisotopic (exact) mass is 409 g/mol. The predicted octanol–water partition coefficient (Wildman–Crippen LogP) is 2.67. The summed E-state index contributed by atoms with van der Waals surface area (Å²) < 4.78 is 6.23. The van der Waals surface area contributed by atoms with Crippen LogP contribution in [0.15, 0.2) is 40.2 Å². The van der Waals surface area contributed by atoms with E-state index in [9.17, 15) is 4.79 Å². The van der Waals surface area contributed by atoms with Gasteiger partial charge in [0, 0.05) is 18.4 Å². The van der Waals surface area contributed by atoms with Crippen LogP contribution in [0.25, 0.3) is 0 Å². The Morgan fingerprint density at radius 2 is 1.96 bits per heavy atom. The van der Waals surface area contributed by atoms with Crippen LogP contribution in [0.4, 0.5) is 0 Å². The molecular weight excluding hydrogens is 388 g/mol. The van der Waals surface area contributed by atoms with Crippen LogP contribution in [0, 0.1) is 0 Å². The van der Waals surface area contributed by atoms with Gasteiger partial charge < -0.3 is 15.0 Å². The Morgan fingerprint density at radius 3 is 2.54 bits per heavy atom.